The molecule has 10 nitrogen and oxygen atoms in total. The van der Waals surface area contributed by atoms with Gasteiger partial charge in [-0.05, 0) is 49.9 Å². The number of nitrogens with one attached hydrogen (secondary N) is 1. The molecule has 0 radical (unpaired) electrons. The minimum atomic E-state index is -3.44. The number of hydrogen-bond donors (Lipinski definition) is 1. The van der Waals surface area contributed by atoms with Crippen LogP contribution in [0.5, 0.6) is 11.6 Å². The van der Waals surface area contributed by atoms with Crippen molar-refractivity contribution in [1.29, 1.82) is 10.5 Å². The van der Waals surface area contributed by atoms with Crippen molar-refractivity contribution in [2.45, 2.75) is 38.6 Å². The zero-order chi connectivity index (χ0) is 26.0. The molecule has 0 aliphatic heterocycles. The van der Waals surface area contributed by atoms with Gasteiger partial charge in [0.15, 0.2) is 0 Å². The van der Waals surface area contributed by atoms with E-state index in [0.29, 0.717) is 34.8 Å². The van der Waals surface area contributed by atoms with E-state index < -0.39 is 10.0 Å². The lowest BCUT2D eigenvalue weighted by Crippen LogP contribution is -2.18. The normalized spacial score (nSPS) is 13.5. The van der Waals surface area contributed by atoms with E-state index in [0.717, 1.165) is 30.2 Å². The molecule has 0 unspecified atom stereocenters. The molecule has 186 valence electrons. The van der Waals surface area contributed by atoms with E-state index >= 15 is 0 Å². The number of nitrogens with zero attached hydrogens (tertiary/aromatic N) is 6. The standard InChI is InChI=1S/C26H23N7O3S/c1-2-12-37(34,35)32-17-6-9-22(31-16-17)25-21(14-27)20-8-7-19(13-24(20)33(25)18-4-3-5-18)36-26-23(15-28)29-10-11-30-26/h6-11,13,16,18,32H,2-5,12H2,1H3. The lowest BCUT2D eigenvalue weighted by atomic mass is 9.92. The van der Waals surface area contributed by atoms with E-state index in [1.807, 2.05) is 18.2 Å². The monoisotopic (exact) mass is 513 g/mol. The molecule has 0 amide bonds. The van der Waals surface area contributed by atoms with Crippen LogP contribution >= 0.6 is 0 Å². The van der Waals surface area contributed by atoms with Gasteiger partial charge in [-0.3, -0.25) is 9.71 Å². The lowest BCUT2D eigenvalue weighted by molar-refractivity contribution is 0.323. The first kappa shape index (κ1) is 24.2. The van der Waals surface area contributed by atoms with Gasteiger partial charge in [0.05, 0.1) is 40.1 Å². The first-order valence-electron chi connectivity index (χ1n) is 11.9. The van der Waals surface area contributed by atoms with Crippen molar-refractivity contribution in [3.63, 3.8) is 0 Å². The highest BCUT2D eigenvalue weighted by molar-refractivity contribution is 7.92. The van der Waals surface area contributed by atoms with Crippen molar-refractivity contribution in [1.82, 2.24) is 19.5 Å². The summed E-state index contributed by atoms with van der Waals surface area (Å²) in [5.41, 5.74) is 2.99. The third-order valence-corrected chi connectivity index (χ3v) is 7.76. The Labute approximate surface area is 214 Å². The van der Waals surface area contributed by atoms with Crippen molar-refractivity contribution < 1.29 is 13.2 Å². The number of anilines is 1. The summed E-state index contributed by atoms with van der Waals surface area (Å²) in [6.07, 6.45) is 7.87. The molecule has 0 saturated heterocycles. The predicted molar refractivity (Wildman–Crippen MR) is 137 cm³/mol. The van der Waals surface area contributed by atoms with Gasteiger partial charge in [-0.1, -0.05) is 6.92 Å². The summed E-state index contributed by atoms with van der Waals surface area (Å²) in [5.74, 6) is 0.597. The summed E-state index contributed by atoms with van der Waals surface area (Å²) in [5, 5.41) is 20.2. The molecule has 37 heavy (non-hydrogen) atoms. The molecule has 0 atom stereocenters. The molecule has 11 heteroatoms. The molecule has 1 saturated carbocycles. The Morgan fingerprint density at radius 1 is 1.11 bits per heavy atom. The van der Waals surface area contributed by atoms with Crippen LogP contribution in [0, 0.1) is 22.7 Å². The number of hydrogen-bond acceptors (Lipinski definition) is 8. The average Bonchev–Trinajstić information content (AvgIpc) is 3.16. The zero-order valence-electron chi connectivity index (χ0n) is 20.0. The first-order valence-corrected chi connectivity index (χ1v) is 13.5. The number of sulfonamides is 1. The molecule has 0 spiro atoms. The van der Waals surface area contributed by atoms with Gasteiger partial charge in [0, 0.05) is 29.9 Å². The Balaban J connectivity index is 1.59. The van der Waals surface area contributed by atoms with Gasteiger partial charge in [0.25, 0.3) is 5.88 Å². The summed E-state index contributed by atoms with van der Waals surface area (Å²) in [6, 6.07) is 13.3. The Morgan fingerprint density at radius 2 is 1.92 bits per heavy atom. The van der Waals surface area contributed by atoms with Crippen molar-refractivity contribution >= 4 is 26.6 Å². The molecule has 4 aromatic rings. The van der Waals surface area contributed by atoms with Gasteiger partial charge < -0.3 is 9.30 Å². The fourth-order valence-corrected chi connectivity index (χ4v) is 5.54. The molecule has 0 bridgehead atoms. The van der Waals surface area contributed by atoms with Crippen molar-refractivity contribution in [2.24, 2.45) is 0 Å². The second kappa shape index (κ2) is 9.88. The number of ether oxygens (including phenoxy) is 1. The predicted octanol–water partition coefficient (Wildman–Crippen LogP) is 4.91. The van der Waals surface area contributed by atoms with Gasteiger partial charge >= 0.3 is 0 Å². The Hall–Kier alpha value is -4.48. The minimum absolute atomic E-state index is 0.0259. The summed E-state index contributed by atoms with van der Waals surface area (Å²) < 4.78 is 34.8. The highest BCUT2D eigenvalue weighted by Crippen LogP contribution is 2.43. The third-order valence-electron chi connectivity index (χ3n) is 6.26. The molecule has 1 aromatic carbocycles. The first-order chi connectivity index (χ1) is 17.9. The van der Waals surface area contributed by atoms with Crippen LogP contribution in [-0.2, 0) is 10.0 Å². The molecular weight excluding hydrogens is 490 g/mol. The molecule has 3 aromatic heterocycles. The second-order valence-corrected chi connectivity index (χ2v) is 10.6. The molecule has 3 heterocycles. The Kier molecular flexibility index (Phi) is 6.47. The molecule has 1 N–H and O–H groups in total. The fraction of sp³-hybridized carbons (Fsp3) is 0.269. The summed E-state index contributed by atoms with van der Waals surface area (Å²) in [7, 11) is -3.44. The van der Waals surface area contributed by atoms with E-state index in [1.165, 1.54) is 18.6 Å². The van der Waals surface area contributed by atoms with E-state index in [-0.39, 0.29) is 23.4 Å². The number of fused-ring (bicyclic) bond motifs is 1. The maximum atomic E-state index is 12.1. The Bertz CT molecular complexity index is 1660. The van der Waals surface area contributed by atoms with Gasteiger partial charge in [-0.15, -0.1) is 0 Å². The van der Waals surface area contributed by atoms with Gasteiger partial charge in [-0.25, -0.2) is 18.4 Å². The summed E-state index contributed by atoms with van der Waals surface area (Å²) in [6.45, 7) is 1.80. The number of benzene rings is 1. The zero-order valence-corrected chi connectivity index (χ0v) is 20.9. The van der Waals surface area contributed by atoms with E-state index in [1.54, 1.807) is 25.1 Å². The average molecular weight is 514 g/mol. The topological polar surface area (TPSA) is 147 Å². The molecular formula is C26H23N7O3S. The minimum Gasteiger partial charge on any atom is -0.436 e. The Morgan fingerprint density at radius 3 is 2.57 bits per heavy atom. The number of pyridine rings is 1. The third kappa shape index (κ3) is 4.69. The lowest BCUT2D eigenvalue weighted by Gasteiger charge is -2.30. The smallest absolute Gasteiger partial charge is 0.256 e. The molecule has 1 aliphatic carbocycles. The maximum absolute atomic E-state index is 12.1. The van der Waals surface area contributed by atoms with E-state index in [2.05, 4.69) is 30.3 Å². The SMILES string of the molecule is CCCS(=O)(=O)Nc1ccc(-c2c(C#N)c3ccc(Oc4nccnc4C#N)cc3n2C2CCC2)nc1. The van der Waals surface area contributed by atoms with E-state index in [4.69, 9.17) is 4.74 Å². The van der Waals surface area contributed by atoms with Crippen molar-refractivity contribution in [2.75, 3.05) is 10.5 Å². The van der Waals surface area contributed by atoms with Crippen LogP contribution in [0.25, 0.3) is 22.3 Å². The van der Waals surface area contributed by atoms with E-state index in [9.17, 15) is 18.9 Å². The molecule has 1 aliphatic rings. The van der Waals surface area contributed by atoms with Gasteiger partial charge in [-0.2, -0.15) is 10.5 Å². The largest absolute Gasteiger partial charge is 0.436 e. The van der Waals surface area contributed by atoms with Crippen LogP contribution in [0.3, 0.4) is 0 Å². The number of aromatic nitrogens is 4. The maximum Gasteiger partial charge on any atom is 0.256 e. The highest BCUT2D eigenvalue weighted by Gasteiger charge is 2.28. The second-order valence-electron chi connectivity index (χ2n) is 8.75. The molecule has 1 fully saturated rings. The van der Waals surface area contributed by atoms with Crippen molar-refractivity contribution in [3.05, 3.63) is 60.2 Å². The van der Waals surface area contributed by atoms with Crippen LogP contribution < -0.4 is 9.46 Å². The van der Waals surface area contributed by atoms with Crippen LogP contribution in [0.2, 0.25) is 0 Å². The highest BCUT2D eigenvalue weighted by atomic mass is 32.2. The fourth-order valence-electron chi connectivity index (χ4n) is 4.42. The van der Waals surface area contributed by atoms with Crippen LogP contribution in [0.4, 0.5) is 5.69 Å². The van der Waals surface area contributed by atoms with Crippen molar-refractivity contribution in [3.8, 4) is 35.2 Å². The summed E-state index contributed by atoms with van der Waals surface area (Å²) >= 11 is 0. The number of nitriles is 2. The quantitative estimate of drug-likeness (QED) is 0.350. The van der Waals surface area contributed by atoms with Gasteiger partial charge in [0.1, 0.15) is 17.9 Å². The van der Waals surface area contributed by atoms with Crippen LogP contribution in [0.1, 0.15) is 49.9 Å². The number of rotatable bonds is 8. The van der Waals surface area contributed by atoms with Crippen LogP contribution in [-0.4, -0.2) is 33.7 Å². The summed E-state index contributed by atoms with van der Waals surface area (Å²) in [4.78, 5) is 12.6. The molecule has 5 rings (SSSR count). The van der Waals surface area contributed by atoms with Gasteiger partial charge in [0.2, 0.25) is 15.7 Å². The van der Waals surface area contributed by atoms with Crippen LogP contribution in [0.15, 0.2) is 48.9 Å².